The number of aromatic nitrogens is 1. The Balaban J connectivity index is 2.36. The van der Waals surface area contributed by atoms with Crippen LogP contribution in [-0.2, 0) is 0 Å². The third kappa shape index (κ3) is 2.77. The van der Waals surface area contributed by atoms with Gasteiger partial charge in [0.1, 0.15) is 11.6 Å². The summed E-state index contributed by atoms with van der Waals surface area (Å²) in [6.07, 6.45) is 1.50. The molecule has 104 valence electrons. The van der Waals surface area contributed by atoms with Crippen molar-refractivity contribution in [1.82, 2.24) is 4.98 Å². The number of amides is 1. The summed E-state index contributed by atoms with van der Waals surface area (Å²) in [6, 6.07) is 3.50. The highest BCUT2D eigenvalue weighted by Crippen LogP contribution is 2.24. The molecule has 1 N–H and O–H groups in total. The first-order valence-corrected chi connectivity index (χ1v) is 6.16. The fraction of sp³-hybridized carbons (Fsp3) is 0.143. The summed E-state index contributed by atoms with van der Waals surface area (Å²) in [4.78, 5) is 15.9. The molecule has 0 spiro atoms. The monoisotopic (exact) mass is 296 g/mol. The molecule has 1 amide bonds. The average molecular weight is 297 g/mol. The number of aryl methyl sites for hydroxylation is 2. The molecule has 2 rings (SSSR count). The average Bonchev–Trinajstić information content (AvgIpc) is 2.38. The summed E-state index contributed by atoms with van der Waals surface area (Å²) in [5, 5.41) is 2.60. The first kappa shape index (κ1) is 14.4. The van der Waals surface area contributed by atoms with Crippen LogP contribution in [0, 0.1) is 25.5 Å². The fourth-order valence-corrected chi connectivity index (χ4v) is 1.94. The van der Waals surface area contributed by atoms with E-state index in [1.807, 2.05) is 0 Å². The van der Waals surface area contributed by atoms with Gasteiger partial charge in [-0.2, -0.15) is 0 Å². The zero-order chi connectivity index (χ0) is 14.9. The Hall–Kier alpha value is -2.01. The van der Waals surface area contributed by atoms with Gasteiger partial charge in [0.15, 0.2) is 5.15 Å². The van der Waals surface area contributed by atoms with Crippen LogP contribution >= 0.6 is 11.6 Å². The lowest BCUT2D eigenvalue weighted by Gasteiger charge is -2.10. The Morgan fingerprint density at radius 3 is 2.55 bits per heavy atom. The maximum absolute atomic E-state index is 13.6. The van der Waals surface area contributed by atoms with Gasteiger partial charge < -0.3 is 5.32 Å². The molecule has 0 saturated heterocycles. The van der Waals surface area contributed by atoms with Gasteiger partial charge in [0, 0.05) is 12.3 Å². The van der Waals surface area contributed by atoms with Crippen molar-refractivity contribution in [3.8, 4) is 0 Å². The Morgan fingerprint density at radius 1 is 1.20 bits per heavy atom. The molecular formula is C14H11ClF2N2O. The number of anilines is 1. The van der Waals surface area contributed by atoms with Crippen molar-refractivity contribution >= 4 is 23.2 Å². The van der Waals surface area contributed by atoms with Gasteiger partial charge in [0.25, 0.3) is 5.91 Å². The van der Waals surface area contributed by atoms with E-state index in [1.165, 1.54) is 13.1 Å². The standard InChI is InChI=1S/C14H11ClF2N2O/c1-7-3-4-18-13(15)12(7)19-14(20)9-5-8(2)10(16)6-11(9)17/h3-6H,1-2H3,(H,19,20). The maximum atomic E-state index is 13.6. The second-order valence-electron chi connectivity index (χ2n) is 4.33. The summed E-state index contributed by atoms with van der Waals surface area (Å²) in [5.74, 6) is -2.33. The Morgan fingerprint density at radius 2 is 1.90 bits per heavy atom. The number of carbonyl (C=O) groups is 1. The molecule has 1 aromatic heterocycles. The van der Waals surface area contributed by atoms with Crippen molar-refractivity contribution in [2.24, 2.45) is 0 Å². The lowest BCUT2D eigenvalue weighted by Crippen LogP contribution is -2.16. The second kappa shape index (κ2) is 5.54. The van der Waals surface area contributed by atoms with Crippen molar-refractivity contribution in [1.29, 1.82) is 0 Å². The van der Waals surface area contributed by atoms with E-state index in [-0.39, 0.29) is 16.3 Å². The molecule has 0 radical (unpaired) electrons. The van der Waals surface area contributed by atoms with E-state index in [2.05, 4.69) is 10.3 Å². The van der Waals surface area contributed by atoms with Gasteiger partial charge in [-0.15, -0.1) is 0 Å². The van der Waals surface area contributed by atoms with Crippen LogP contribution in [0.15, 0.2) is 24.4 Å². The molecular weight excluding hydrogens is 286 g/mol. The van der Waals surface area contributed by atoms with Gasteiger partial charge in [-0.1, -0.05) is 11.6 Å². The lowest BCUT2D eigenvalue weighted by atomic mass is 10.1. The number of hydrogen-bond donors (Lipinski definition) is 1. The van der Waals surface area contributed by atoms with Crippen molar-refractivity contribution in [3.63, 3.8) is 0 Å². The molecule has 0 aliphatic rings. The highest BCUT2D eigenvalue weighted by Gasteiger charge is 2.17. The molecule has 0 atom stereocenters. The van der Waals surface area contributed by atoms with Crippen LogP contribution in [0.4, 0.5) is 14.5 Å². The summed E-state index contributed by atoms with van der Waals surface area (Å²) in [6.45, 7) is 3.18. The van der Waals surface area contributed by atoms with Gasteiger partial charge in [0.05, 0.1) is 11.3 Å². The van der Waals surface area contributed by atoms with Crippen molar-refractivity contribution in [3.05, 3.63) is 57.9 Å². The normalized spacial score (nSPS) is 10.4. The predicted octanol–water partition coefficient (Wildman–Crippen LogP) is 3.88. The zero-order valence-electron chi connectivity index (χ0n) is 10.8. The Labute approximate surface area is 119 Å². The maximum Gasteiger partial charge on any atom is 0.258 e. The van der Waals surface area contributed by atoms with Crippen LogP contribution in [0.5, 0.6) is 0 Å². The van der Waals surface area contributed by atoms with Crippen LogP contribution in [0.25, 0.3) is 0 Å². The van der Waals surface area contributed by atoms with E-state index in [1.54, 1.807) is 13.0 Å². The van der Waals surface area contributed by atoms with Gasteiger partial charge in [-0.05, 0) is 37.1 Å². The quantitative estimate of drug-likeness (QED) is 0.855. The molecule has 0 aliphatic heterocycles. The molecule has 6 heteroatoms. The largest absolute Gasteiger partial charge is 0.319 e. The minimum atomic E-state index is -0.928. The van der Waals surface area contributed by atoms with E-state index in [9.17, 15) is 13.6 Å². The molecule has 0 unspecified atom stereocenters. The molecule has 3 nitrogen and oxygen atoms in total. The van der Waals surface area contributed by atoms with Crippen molar-refractivity contribution in [2.75, 3.05) is 5.32 Å². The van der Waals surface area contributed by atoms with Crippen LogP contribution in [0.2, 0.25) is 5.15 Å². The first-order chi connectivity index (χ1) is 9.40. The van der Waals surface area contributed by atoms with E-state index >= 15 is 0 Å². The number of rotatable bonds is 2. The number of pyridine rings is 1. The van der Waals surface area contributed by atoms with Gasteiger partial charge >= 0.3 is 0 Å². The van der Waals surface area contributed by atoms with Crippen molar-refractivity contribution in [2.45, 2.75) is 13.8 Å². The Kier molecular flexibility index (Phi) is 3.99. The molecule has 20 heavy (non-hydrogen) atoms. The topological polar surface area (TPSA) is 42.0 Å². The summed E-state index contributed by atoms with van der Waals surface area (Å²) < 4.78 is 26.8. The van der Waals surface area contributed by atoms with Gasteiger partial charge in [-0.25, -0.2) is 13.8 Å². The molecule has 1 aromatic carbocycles. The number of halogens is 3. The fourth-order valence-electron chi connectivity index (χ4n) is 1.69. The van der Waals surface area contributed by atoms with E-state index in [0.29, 0.717) is 17.3 Å². The highest BCUT2D eigenvalue weighted by atomic mass is 35.5. The summed E-state index contributed by atoms with van der Waals surface area (Å²) in [7, 11) is 0. The smallest absolute Gasteiger partial charge is 0.258 e. The minimum Gasteiger partial charge on any atom is -0.319 e. The van der Waals surface area contributed by atoms with Crippen LogP contribution in [-0.4, -0.2) is 10.9 Å². The molecule has 0 bridgehead atoms. The first-order valence-electron chi connectivity index (χ1n) is 5.78. The second-order valence-corrected chi connectivity index (χ2v) is 4.69. The molecule has 1 heterocycles. The number of benzene rings is 1. The number of carbonyl (C=O) groups excluding carboxylic acids is 1. The van der Waals surface area contributed by atoms with E-state index < -0.39 is 17.5 Å². The van der Waals surface area contributed by atoms with Crippen LogP contribution in [0.1, 0.15) is 21.5 Å². The van der Waals surface area contributed by atoms with Gasteiger partial charge in [0.2, 0.25) is 0 Å². The predicted molar refractivity (Wildman–Crippen MR) is 73.0 cm³/mol. The van der Waals surface area contributed by atoms with Crippen molar-refractivity contribution < 1.29 is 13.6 Å². The summed E-state index contributed by atoms with van der Waals surface area (Å²) >= 11 is 5.88. The number of nitrogens with zero attached hydrogens (tertiary/aromatic N) is 1. The minimum absolute atomic E-state index is 0.109. The molecule has 0 aliphatic carbocycles. The van der Waals surface area contributed by atoms with E-state index in [4.69, 9.17) is 11.6 Å². The van der Waals surface area contributed by atoms with E-state index in [0.717, 1.165) is 6.07 Å². The lowest BCUT2D eigenvalue weighted by molar-refractivity contribution is 0.102. The molecule has 0 saturated carbocycles. The van der Waals surface area contributed by atoms with Crippen LogP contribution < -0.4 is 5.32 Å². The third-order valence-electron chi connectivity index (χ3n) is 2.84. The molecule has 0 fully saturated rings. The SMILES string of the molecule is Cc1cc(C(=O)Nc2c(C)ccnc2Cl)c(F)cc1F. The van der Waals surface area contributed by atoms with Crippen LogP contribution in [0.3, 0.4) is 0 Å². The van der Waals surface area contributed by atoms with Gasteiger partial charge in [-0.3, -0.25) is 4.79 Å². The zero-order valence-corrected chi connectivity index (χ0v) is 11.6. The molecule has 2 aromatic rings. The number of hydrogen-bond acceptors (Lipinski definition) is 2. The third-order valence-corrected chi connectivity index (χ3v) is 3.13. The Bertz CT molecular complexity index is 669. The number of nitrogens with one attached hydrogen (secondary N) is 1. The summed E-state index contributed by atoms with van der Waals surface area (Å²) in [5.41, 5.74) is 0.937. The highest BCUT2D eigenvalue weighted by molar-refractivity contribution is 6.32.